The van der Waals surface area contributed by atoms with Crippen molar-refractivity contribution in [2.24, 2.45) is 0 Å². The second-order valence-corrected chi connectivity index (χ2v) is 3.35. The van der Waals surface area contributed by atoms with Crippen LogP contribution in [0.25, 0.3) is 10.8 Å². The molecule has 1 aromatic heterocycles. The highest BCUT2D eigenvalue weighted by Crippen LogP contribution is 2.20. The van der Waals surface area contributed by atoms with Crippen LogP contribution in [-0.4, -0.2) is 18.1 Å². The Kier molecular flexibility index (Phi) is 2.81. The third-order valence-corrected chi connectivity index (χ3v) is 2.37. The lowest BCUT2D eigenvalue weighted by Crippen LogP contribution is -2.06. The molecule has 0 aliphatic carbocycles. The van der Waals surface area contributed by atoms with Crippen molar-refractivity contribution in [1.82, 2.24) is 4.98 Å². The summed E-state index contributed by atoms with van der Waals surface area (Å²) in [6.45, 7) is 0. The molecule has 0 aliphatic rings. The largest absolute Gasteiger partial charge is 0.469 e. The highest BCUT2D eigenvalue weighted by Gasteiger charge is 2.09. The number of halogens is 1. The first-order valence-corrected chi connectivity index (χ1v) is 4.81. The van der Waals surface area contributed by atoms with E-state index in [-0.39, 0.29) is 18.2 Å². The molecule has 0 bridgehead atoms. The third kappa shape index (κ3) is 1.86. The Morgan fingerprint density at radius 1 is 1.38 bits per heavy atom. The number of esters is 1. The average Bonchev–Trinajstić information content (AvgIpc) is 2.30. The van der Waals surface area contributed by atoms with Gasteiger partial charge in [0.25, 0.3) is 0 Å². The summed E-state index contributed by atoms with van der Waals surface area (Å²) in [5, 5.41) is 1.12. The molecule has 0 aliphatic heterocycles. The summed E-state index contributed by atoms with van der Waals surface area (Å²) >= 11 is 0. The SMILES string of the molecule is COC(=O)Cc1nccc2c(F)cccc12. The first kappa shape index (κ1) is 10.5. The van der Waals surface area contributed by atoms with Crippen LogP contribution in [0.3, 0.4) is 0 Å². The minimum Gasteiger partial charge on any atom is -0.469 e. The van der Waals surface area contributed by atoms with Crippen LogP contribution in [0.1, 0.15) is 5.69 Å². The van der Waals surface area contributed by atoms with Gasteiger partial charge in [-0.2, -0.15) is 0 Å². The van der Waals surface area contributed by atoms with E-state index in [1.165, 1.54) is 19.4 Å². The normalized spacial score (nSPS) is 10.4. The molecule has 2 aromatic rings. The fourth-order valence-electron chi connectivity index (χ4n) is 1.58. The Bertz CT molecular complexity index is 540. The Labute approximate surface area is 91.9 Å². The minimum atomic E-state index is -0.385. The number of pyridine rings is 1. The number of fused-ring (bicyclic) bond motifs is 1. The summed E-state index contributed by atoms with van der Waals surface area (Å²) in [5.74, 6) is -0.699. The lowest BCUT2D eigenvalue weighted by atomic mass is 10.1. The molecule has 82 valence electrons. The number of ether oxygens (including phenoxy) is 1. The number of benzene rings is 1. The van der Waals surface area contributed by atoms with E-state index < -0.39 is 0 Å². The summed E-state index contributed by atoms with van der Waals surface area (Å²) in [7, 11) is 1.31. The maximum Gasteiger partial charge on any atom is 0.311 e. The predicted molar refractivity (Wildman–Crippen MR) is 57.4 cm³/mol. The Morgan fingerprint density at radius 2 is 2.19 bits per heavy atom. The van der Waals surface area contributed by atoms with Crippen LogP contribution < -0.4 is 0 Å². The van der Waals surface area contributed by atoms with Gasteiger partial charge in [0.1, 0.15) is 5.82 Å². The monoisotopic (exact) mass is 219 g/mol. The number of nitrogens with zero attached hydrogens (tertiary/aromatic N) is 1. The molecule has 0 spiro atoms. The maximum absolute atomic E-state index is 13.4. The molecule has 0 saturated carbocycles. The Hall–Kier alpha value is -1.97. The summed E-state index contributed by atoms with van der Waals surface area (Å²) in [5.41, 5.74) is 0.531. The molecule has 0 atom stereocenters. The molecule has 0 amide bonds. The van der Waals surface area contributed by atoms with Crippen LogP contribution >= 0.6 is 0 Å². The van der Waals surface area contributed by atoms with Crippen molar-refractivity contribution in [3.63, 3.8) is 0 Å². The van der Waals surface area contributed by atoms with E-state index in [4.69, 9.17) is 0 Å². The molecular formula is C12H10FNO2. The van der Waals surface area contributed by atoms with Crippen LogP contribution in [0.4, 0.5) is 4.39 Å². The van der Waals surface area contributed by atoms with Gasteiger partial charge < -0.3 is 4.74 Å². The van der Waals surface area contributed by atoms with Crippen molar-refractivity contribution in [3.05, 3.63) is 42.0 Å². The van der Waals surface area contributed by atoms with Crippen LogP contribution in [-0.2, 0) is 16.0 Å². The zero-order valence-corrected chi connectivity index (χ0v) is 8.74. The molecule has 16 heavy (non-hydrogen) atoms. The van der Waals surface area contributed by atoms with E-state index in [0.717, 1.165) is 0 Å². The molecule has 0 N–H and O–H groups in total. The first-order chi connectivity index (χ1) is 7.72. The van der Waals surface area contributed by atoms with Crippen molar-refractivity contribution in [2.45, 2.75) is 6.42 Å². The maximum atomic E-state index is 13.4. The Balaban J connectivity index is 2.54. The highest BCUT2D eigenvalue weighted by atomic mass is 19.1. The van der Waals surface area contributed by atoms with Gasteiger partial charge in [0.15, 0.2) is 0 Å². The number of hydrogen-bond donors (Lipinski definition) is 0. The lowest BCUT2D eigenvalue weighted by molar-refractivity contribution is -0.139. The standard InChI is InChI=1S/C12H10FNO2/c1-16-12(15)7-11-9-3-2-4-10(13)8(9)5-6-14-11/h2-6H,7H2,1H3. The molecule has 3 nitrogen and oxygen atoms in total. The van der Waals surface area contributed by atoms with Gasteiger partial charge in [0.2, 0.25) is 0 Å². The second kappa shape index (κ2) is 4.26. The number of carbonyl (C=O) groups excluding carboxylic acids is 1. The smallest absolute Gasteiger partial charge is 0.311 e. The molecule has 0 radical (unpaired) electrons. The van der Waals surface area contributed by atoms with E-state index in [1.807, 2.05) is 0 Å². The molecule has 0 saturated heterocycles. The minimum absolute atomic E-state index is 0.0529. The van der Waals surface area contributed by atoms with Gasteiger partial charge in [-0.05, 0) is 12.1 Å². The number of hydrogen-bond acceptors (Lipinski definition) is 3. The topological polar surface area (TPSA) is 39.2 Å². The van der Waals surface area contributed by atoms with Crippen molar-refractivity contribution >= 4 is 16.7 Å². The third-order valence-electron chi connectivity index (χ3n) is 2.37. The number of rotatable bonds is 2. The molecule has 0 unspecified atom stereocenters. The van der Waals surface area contributed by atoms with Gasteiger partial charge in [-0.25, -0.2) is 4.39 Å². The number of aromatic nitrogens is 1. The van der Waals surface area contributed by atoms with E-state index in [2.05, 4.69) is 9.72 Å². The van der Waals surface area contributed by atoms with Gasteiger partial charge in [0.05, 0.1) is 19.2 Å². The second-order valence-electron chi connectivity index (χ2n) is 3.35. The molecule has 0 fully saturated rings. The van der Waals surface area contributed by atoms with Crippen LogP contribution in [0, 0.1) is 5.82 Å². The molecular weight excluding hydrogens is 209 g/mol. The zero-order chi connectivity index (χ0) is 11.5. The number of methoxy groups -OCH3 is 1. The Morgan fingerprint density at radius 3 is 2.94 bits per heavy atom. The summed E-state index contributed by atoms with van der Waals surface area (Å²) in [4.78, 5) is 15.2. The van der Waals surface area contributed by atoms with Gasteiger partial charge >= 0.3 is 5.97 Å². The average molecular weight is 219 g/mol. The quantitative estimate of drug-likeness (QED) is 0.726. The zero-order valence-electron chi connectivity index (χ0n) is 8.74. The van der Waals surface area contributed by atoms with E-state index >= 15 is 0 Å². The summed E-state index contributed by atoms with van der Waals surface area (Å²) in [6.07, 6.45) is 1.54. The van der Waals surface area contributed by atoms with Crippen molar-refractivity contribution in [1.29, 1.82) is 0 Å². The lowest BCUT2D eigenvalue weighted by Gasteiger charge is -2.04. The summed E-state index contributed by atoms with van der Waals surface area (Å²) < 4.78 is 18.0. The van der Waals surface area contributed by atoms with Crippen molar-refractivity contribution in [3.8, 4) is 0 Å². The first-order valence-electron chi connectivity index (χ1n) is 4.81. The number of carbonyl (C=O) groups is 1. The van der Waals surface area contributed by atoms with Gasteiger partial charge in [-0.15, -0.1) is 0 Å². The van der Waals surface area contributed by atoms with Gasteiger partial charge in [-0.1, -0.05) is 12.1 Å². The predicted octanol–water partition coefficient (Wildman–Crippen LogP) is 2.09. The molecule has 2 rings (SSSR count). The van der Waals surface area contributed by atoms with Crippen LogP contribution in [0.5, 0.6) is 0 Å². The van der Waals surface area contributed by atoms with Gasteiger partial charge in [0, 0.05) is 17.0 Å². The molecule has 4 heteroatoms. The fraction of sp³-hybridized carbons (Fsp3) is 0.167. The highest BCUT2D eigenvalue weighted by molar-refractivity contribution is 5.87. The summed E-state index contributed by atoms with van der Waals surface area (Å²) in [6, 6.07) is 6.31. The van der Waals surface area contributed by atoms with Crippen molar-refractivity contribution < 1.29 is 13.9 Å². The van der Waals surface area contributed by atoms with Crippen molar-refractivity contribution in [2.75, 3.05) is 7.11 Å². The molecule has 1 aromatic carbocycles. The molecule has 1 heterocycles. The van der Waals surface area contributed by atoms with E-state index in [1.54, 1.807) is 18.2 Å². The van der Waals surface area contributed by atoms with E-state index in [9.17, 15) is 9.18 Å². The van der Waals surface area contributed by atoms with E-state index in [0.29, 0.717) is 16.5 Å². The van der Waals surface area contributed by atoms with Crippen LogP contribution in [0.15, 0.2) is 30.5 Å². The van der Waals surface area contributed by atoms with Gasteiger partial charge in [-0.3, -0.25) is 9.78 Å². The van der Waals surface area contributed by atoms with Crippen LogP contribution in [0.2, 0.25) is 0 Å². The fourth-order valence-corrected chi connectivity index (χ4v) is 1.58.